The lowest BCUT2D eigenvalue weighted by molar-refractivity contribution is -0.142. The van der Waals surface area contributed by atoms with Gasteiger partial charge in [0.25, 0.3) is 0 Å². The summed E-state index contributed by atoms with van der Waals surface area (Å²) in [4.78, 5) is 16.8. The molecule has 1 aromatic heterocycles. The Morgan fingerprint density at radius 3 is 2.93 bits per heavy atom. The van der Waals surface area contributed by atoms with Crippen LogP contribution in [0.2, 0.25) is 0 Å². The maximum absolute atomic E-state index is 10.6. The number of carbonyl (C=O) groups is 1. The molecule has 0 radical (unpaired) electrons. The van der Waals surface area contributed by atoms with Crippen LogP contribution in [0.3, 0.4) is 0 Å². The SMILES string of the molecule is CCc1nsc(N2CC(C(=O)O)C2)n1. The van der Waals surface area contributed by atoms with Crippen molar-refractivity contribution in [1.29, 1.82) is 0 Å². The van der Waals surface area contributed by atoms with E-state index in [2.05, 4.69) is 9.36 Å². The predicted octanol–water partition coefficient (Wildman–Crippen LogP) is 0.621. The highest BCUT2D eigenvalue weighted by molar-refractivity contribution is 7.09. The van der Waals surface area contributed by atoms with Gasteiger partial charge >= 0.3 is 5.97 Å². The summed E-state index contributed by atoms with van der Waals surface area (Å²) in [6.07, 6.45) is 0.826. The van der Waals surface area contributed by atoms with Crippen molar-refractivity contribution < 1.29 is 9.90 Å². The molecule has 5 nitrogen and oxygen atoms in total. The van der Waals surface area contributed by atoms with Gasteiger partial charge < -0.3 is 10.0 Å². The van der Waals surface area contributed by atoms with Crippen LogP contribution in [0.25, 0.3) is 0 Å². The first-order chi connectivity index (χ1) is 6.70. The summed E-state index contributed by atoms with van der Waals surface area (Å²) in [6.45, 7) is 3.13. The Balaban J connectivity index is 1.96. The van der Waals surface area contributed by atoms with Gasteiger partial charge in [0.1, 0.15) is 5.82 Å². The number of rotatable bonds is 3. The summed E-state index contributed by atoms with van der Waals surface area (Å²) >= 11 is 1.34. The van der Waals surface area contributed by atoms with Crippen LogP contribution in [0.15, 0.2) is 0 Å². The molecular weight excluding hydrogens is 202 g/mol. The first-order valence-corrected chi connectivity index (χ1v) is 5.28. The fourth-order valence-corrected chi connectivity index (χ4v) is 2.08. The average molecular weight is 213 g/mol. The zero-order valence-corrected chi connectivity index (χ0v) is 8.62. The van der Waals surface area contributed by atoms with Crippen molar-refractivity contribution in [2.45, 2.75) is 13.3 Å². The summed E-state index contributed by atoms with van der Waals surface area (Å²) in [5.74, 6) is -0.116. The van der Waals surface area contributed by atoms with Crippen LogP contribution in [-0.2, 0) is 11.2 Å². The minimum absolute atomic E-state index is 0.232. The van der Waals surface area contributed by atoms with Gasteiger partial charge in [0, 0.05) is 31.0 Å². The molecule has 0 bridgehead atoms. The quantitative estimate of drug-likeness (QED) is 0.797. The van der Waals surface area contributed by atoms with E-state index < -0.39 is 5.97 Å². The number of hydrogen-bond acceptors (Lipinski definition) is 5. The van der Waals surface area contributed by atoms with Gasteiger partial charge in [-0.1, -0.05) is 6.92 Å². The van der Waals surface area contributed by atoms with E-state index in [0.29, 0.717) is 13.1 Å². The Labute approximate surface area is 85.6 Å². The number of aromatic nitrogens is 2. The molecule has 1 saturated heterocycles. The van der Waals surface area contributed by atoms with Crippen molar-refractivity contribution in [2.75, 3.05) is 18.0 Å². The highest BCUT2D eigenvalue weighted by atomic mass is 32.1. The molecule has 1 aromatic rings. The fraction of sp³-hybridized carbons (Fsp3) is 0.625. The average Bonchev–Trinajstić information content (AvgIpc) is 2.49. The first kappa shape index (κ1) is 9.39. The maximum Gasteiger partial charge on any atom is 0.310 e. The molecule has 0 unspecified atom stereocenters. The standard InChI is InChI=1S/C8H11N3O2S/c1-2-6-9-8(14-10-6)11-3-5(4-11)7(12)13/h5H,2-4H2,1H3,(H,12,13). The summed E-state index contributed by atoms with van der Waals surface area (Å²) in [7, 11) is 0. The highest BCUT2D eigenvalue weighted by Crippen LogP contribution is 2.26. The molecule has 0 spiro atoms. The third-order valence-electron chi connectivity index (χ3n) is 2.27. The Morgan fingerprint density at radius 2 is 2.43 bits per heavy atom. The van der Waals surface area contributed by atoms with Gasteiger partial charge in [0.2, 0.25) is 5.13 Å². The molecule has 0 aromatic carbocycles. The van der Waals surface area contributed by atoms with Crippen molar-refractivity contribution in [3.05, 3.63) is 5.82 Å². The third kappa shape index (κ3) is 1.57. The second-order valence-electron chi connectivity index (χ2n) is 3.29. The molecule has 1 N–H and O–H groups in total. The minimum Gasteiger partial charge on any atom is -0.481 e. The Kier molecular flexibility index (Phi) is 2.37. The van der Waals surface area contributed by atoms with Gasteiger partial charge in [0.15, 0.2) is 0 Å². The summed E-state index contributed by atoms with van der Waals surface area (Å²) in [6, 6.07) is 0. The molecule has 14 heavy (non-hydrogen) atoms. The van der Waals surface area contributed by atoms with Crippen molar-refractivity contribution >= 4 is 22.6 Å². The Morgan fingerprint density at radius 1 is 1.71 bits per heavy atom. The van der Waals surface area contributed by atoms with Crippen molar-refractivity contribution in [3.63, 3.8) is 0 Å². The van der Waals surface area contributed by atoms with Crippen LogP contribution in [0.4, 0.5) is 5.13 Å². The van der Waals surface area contributed by atoms with Gasteiger partial charge in [-0.15, -0.1) is 0 Å². The van der Waals surface area contributed by atoms with Crippen LogP contribution in [0.5, 0.6) is 0 Å². The normalized spacial score (nSPS) is 16.8. The largest absolute Gasteiger partial charge is 0.481 e. The monoisotopic (exact) mass is 213 g/mol. The number of aryl methyl sites for hydroxylation is 1. The van der Waals surface area contributed by atoms with Crippen LogP contribution >= 0.6 is 11.5 Å². The predicted molar refractivity (Wildman–Crippen MR) is 52.6 cm³/mol. The van der Waals surface area contributed by atoms with E-state index in [1.807, 2.05) is 11.8 Å². The molecule has 2 heterocycles. The van der Waals surface area contributed by atoms with E-state index in [0.717, 1.165) is 17.4 Å². The summed E-state index contributed by atoms with van der Waals surface area (Å²) in [5, 5.41) is 9.54. The zero-order chi connectivity index (χ0) is 10.1. The van der Waals surface area contributed by atoms with Gasteiger partial charge in [0.05, 0.1) is 5.92 Å². The molecule has 0 amide bonds. The molecular formula is C8H11N3O2S. The number of carboxylic acid groups (broad SMARTS) is 1. The summed E-state index contributed by atoms with van der Waals surface area (Å²) < 4.78 is 4.15. The Bertz CT molecular complexity index is 346. The molecule has 1 fully saturated rings. The van der Waals surface area contributed by atoms with Crippen LogP contribution in [-0.4, -0.2) is 33.5 Å². The fourth-order valence-electron chi connectivity index (χ4n) is 1.31. The van der Waals surface area contributed by atoms with Crippen molar-refractivity contribution in [1.82, 2.24) is 9.36 Å². The van der Waals surface area contributed by atoms with Gasteiger partial charge in [-0.3, -0.25) is 4.79 Å². The van der Waals surface area contributed by atoms with E-state index in [4.69, 9.17) is 5.11 Å². The smallest absolute Gasteiger partial charge is 0.310 e. The lowest BCUT2D eigenvalue weighted by Gasteiger charge is -2.35. The van der Waals surface area contributed by atoms with Crippen LogP contribution in [0, 0.1) is 5.92 Å². The van der Waals surface area contributed by atoms with Crippen molar-refractivity contribution in [3.8, 4) is 0 Å². The van der Waals surface area contributed by atoms with Gasteiger partial charge in [-0.2, -0.15) is 4.37 Å². The molecule has 76 valence electrons. The second kappa shape index (κ2) is 3.53. The van der Waals surface area contributed by atoms with E-state index in [9.17, 15) is 4.79 Å². The van der Waals surface area contributed by atoms with Crippen LogP contribution in [0.1, 0.15) is 12.7 Å². The number of anilines is 1. The van der Waals surface area contributed by atoms with E-state index in [1.165, 1.54) is 11.5 Å². The molecule has 0 atom stereocenters. The first-order valence-electron chi connectivity index (χ1n) is 4.51. The number of nitrogens with zero attached hydrogens (tertiary/aromatic N) is 3. The molecule has 2 rings (SSSR count). The van der Waals surface area contributed by atoms with E-state index in [-0.39, 0.29) is 5.92 Å². The highest BCUT2D eigenvalue weighted by Gasteiger charge is 2.34. The molecule has 1 aliphatic heterocycles. The van der Waals surface area contributed by atoms with E-state index >= 15 is 0 Å². The molecule has 0 saturated carbocycles. The minimum atomic E-state index is -0.721. The molecule has 0 aliphatic carbocycles. The van der Waals surface area contributed by atoms with Crippen LogP contribution < -0.4 is 4.90 Å². The molecule has 1 aliphatic rings. The zero-order valence-electron chi connectivity index (χ0n) is 7.80. The lowest BCUT2D eigenvalue weighted by atomic mass is 10.0. The maximum atomic E-state index is 10.6. The Hall–Kier alpha value is -1.17. The number of carboxylic acids is 1. The number of aliphatic carboxylic acids is 1. The number of hydrogen-bond donors (Lipinski definition) is 1. The molecule has 6 heteroatoms. The lowest BCUT2D eigenvalue weighted by Crippen LogP contribution is -2.50. The topological polar surface area (TPSA) is 66.3 Å². The van der Waals surface area contributed by atoms with Gasteiger partial charge in [-0.05, 0) is 0 Å². The third-order valence-corrected chi connectivity index (χ3v) is 3.09. The van der Waals surface area contributed by atoms with E-state index in [1.54, 1.807) is 0 Å². The second-order valence-corrected chi connectivity index (χ2v) is 4.02. The summed E-state index contributed by atoms with van der Waals surface area (Å²) in [5.41, 5.74) is 0. The van der Waals surface area contributed by atoms with Crippen molar-refractivity contribution in [2.24, 2.45) is 5.92 Å². The van der Waals surface area contributed by atoms with Gasteiger partial charge in [-0.25, -0.2) is 4.98 Å².